The topological polar surface area (TPSA) is 22.1 Å². The van der Waals surface area contributed by atoms with Crippen molar-refractivity contribution in [1.82, 2.24) is 4.98 Å². The van der Waals surface area contributed by atoms with Crippen molar-refractivity contribution in [3.05, 3.63) is 34.5 Å². The van der Waals surface area contributed by atoms with E-state index in [1.165, 1.54) is 5.54 Å². The summed E-state index contributed by atoms with van der Waals surface area (Å²) in [5.41, 5.74) is 1.42. The maximum atomic E-state index is 5.32. The van der Waals surface area contributed by atoms with Crippen molar-refractivity contribution in [1.29, 1.82) is 0 Å². The normalized spacial score (nSPS) is 10.5. The highest BCUT2D eigenvalue weighted by molar-refractivity contribution is 9.10. The SMILES string of the molecule is Cl/C=C/COc1cccnc1Br. The fraction of sp³-hybridized carbons (Fsp3) is 0.125. The van der Waals surface area contributed by atoms with Crippen molar-refractivity contribution in [3.8, 4) is 5.75 Å². The molecule has 2 nitrogen and oxygen atoms in total. The molecule has 0 bridgehead atoms. The van der Waals surface area contributed by atoms with Crippen molar-refractivity contribution in [2.24, 2.45) is 0 Å². The summed E-state index contributed by atoms with van der Waals surface area (Å²) in [4.78, 5) is 3.99. The fourth-order valence-corrected chi connectivity index (χ4v) is 1.09. The van der Waals surface area contributed by atoms with Crippen molar-refractivity contribution in [2.75, 3.05) is 6.61 Å². The van der Waals surface area contributed by atoms with Gasteiger partial charge in [-0.3, -0.25) is 0 Å². The molecule has 0 spiro atoms. The van der Waals surface area contributed by atoms with E-state index in [1.54, 1.807) is 12.3 Å². The van der Waals surface area contributed by atoms with Crippen LogP contribution in [0.1, 0.15) is 0 Å². The first-order valence-corrected chi connectivity index (χ1v) is 4.56. The van der Waals surface area contributed by atoms with Crippen molar-refractivity contribution in [3.63, 3.8) is 0 Å². The standard InChI is InChI=1S/C8H7BrClNO/c9-8-7(3-1-5-11-8)12-6-2-4-10/h1-5H,6H2/b4-2+. The van der Waals surface area contributed by atoms with Crippen molar-refractivity contribution >= 4 is 27.5 Å². The van der Waals surface area contributed by atoms with E-state index in [4.69, 9.17) is 16.3 Å². The third-order valence-electron chi connectivity index (χ3n) is 1.15. The Bertz CT molecular complexity index is 278. The lowest BCUT2D eigenvalue weighted by molar-refractivity contribution is 0.359. The van der Waals surface area contributed by atoms with Gasteiger partial charge in [0, 0.05) is 11.7 Å². The molecule has 0 fully saturated rings. The Hall–Kier alpha value is -0.540. The smallest absolute Gasteiger partial charge is 0.152 e. The van der Waals surface area contributed by atoms with Crippen molar-refractivity contribution in [2.45, 2.75) is 0 Å². The Balaban J connectivity index is 2.57. The summed E-state index contributed by atoms with van der Waals surface area (Å²) in [5, 5.41) is 0. The summed E-state index contributed by atoms with van der Waals surface area (Å²) in [7, 11) is 0. The molecular weight excluding hydrogens is 241 g/mol. The van der Waals surface area contributed by atoms with Crippen LogP contribution in [0.25, 0.3) is 0 Å². The molecule has 1 aromatic rings. The minimum atomic E-state index is 0.452. The minimum Gasteiger partial charge on any atom is -0.487 e. The minimum absolute atomic E-state index is 0.452. The van der Waals surface area contributed by atoms with E-state index in [2.05, 4.69) is 20.9 Å². The van der Waals surface area contributed by atoms with Gasteiger partial charge in [0.15, 0.2) is 5.75 Å². The van der Waals surface area contributed by atoms with Gasteiger partial charge in [0.25, 0.3) is 0 Å². The maximum absolute atomic E-state index is 5.32. The zero-order valence-electron chi connectivity index (χ0n) is 6.21. The Kier molecular flexibility index (Phi) is 4.11. The molecule has 0 aliphatic heterocycles. The highest BCUT2D eigenvalue weighted by Gasteiger charge is 1.97. The van der Waals surface area contributed by atoms with Gasteiger partial charge < -0.3 is 4.74 Å². The predicted molar refractivity (Wildman–Crippen MR) is 52.4 cm³/mol. The third kappa shape index (κ3) is 2.83. The lowest BCUT2D eigenvalue weighted by Gasteiger charge is -2.02. The first-order valence-electron chi connectivity index (χ1n) is 3.33. The number of aromatic nitrogens is 1. The molecule has 0 N–H and O–H groups in total. The van der Waals surface area contributed by atoms with E-state index >= 15 is 0 Å². The molecule has 0 unspecified atom stereocenters. The summed E-state index contributed by atoms with van der Waals surface area (Å²) in [6.45, 7) is 0.452. The van der Waals surface area contributed by atoms with E-state index in [0.29, 0.717) is 17.0 Å². The molecule has 0 atom stereocenters. The Morgan fingerprint density at radius 2 is 2.50 bits per heavy atom. The molecular formula is C8H7BrClNO. The summed E-state index contributed by atoms with van der Waals surface area (Å²) in [5.74, 6) is 0.715. The van der Waals surface area contributed by atoms with E-state index in [1.807, 2.05) is 12.1 Å². The van der Waals surface area contributed by atoms with Crippen LogP contribution >= 0.6 is 27.5 Å². The number of hydrogen-bond donors (Lipinski definition) is 0. The Morgan fingerprint density at radius 1 is 1.67 bits per heavy atom. The van der Waals surface area contributed by atoms with E-state index in [0.717, 1.165) is 0 Å². The number of ether oxygens (including phenoxy) is 1. The van der Waals surface area contributed by atoms with Crippen LogP contribution in [-0.4, -0.2) is 11.6 Å². The Labute approximate surface area is 84.3 Å². The van der Waals surface area contributed by atoms with Crippen LogP contribution in [0.5, 0.6) is 5.75 Å². The maximum Gasteiger partial charge on any atom is 0.152 e. The van der Waals surface area contributed by atoms with Crippen LogP contribution < -0.4 is 4.74 Å². The average Bonchev–Trinajstić information content (AvgIpc) is 2.09. The summed E-state index contributed by atoms with van der Waals surface area (Å²) >= 11 is 8.57. The molecule has 0 aliphatic carbocycles. The predicted octanol–water partition coefficient (Wildman–Crippen LogP) is 2.98. The lowest BCUT2D eigenvalue weighted by Crippen LogP contribution is -1.94. The highest BCUT2D eigenvalue weighted by atomic mass is 79.9. The van der Waals surface area contributed by atoms with Gasteiger partial charge in [0.1, 0.15) is 11.2 Å². The monoisotopic (exact) mass is 247 g/mol. The number of pyridine rings is 1. The molecule has 1 rings (SSSR count). The van der Waals surface area contributed by atoms with Gasteiger partial charge in [-0.05, 0) is 34.1 Å². The second kappa shape index (κ2) is 5.17. The van der Waals surface area contributed by atoms with Gasteiger partial charge in [-0.1, -0.05) is 11.6 Å². The fourth-order valence-electron chi connectivity index (χ4n) is 0.653. The number of halogens is 2. The molecule has 0 aromatic carbocycles. The lowest BCUT2D eigenvalue weighted by atomic mass is 10.5. The van der Waals surface area contributed by atoms with Crippen LogP contribution in [0, 0.1) is 0 Å². The number of rotatable bonds is 3. The number of nitrogens with zero attached hydrogens (tertiary/aromatic N) is 1. The van der Waals surface area contributed by atoms with Gasteiger partial charge in [0.2, 0.25) is 0 Å². The molecule has 64 valence electrons. The van der Waals surface area contributed by atoms with E-state index < -0.39 is 0 Å². The molecule has 12 heavy (non-hydrogen) atoms. The van der Waals surface area contributed by atoms with Crippen LogP contribution in [0.15, 0.2) is 34.5 Å². The van der Waals surface area contributed by atoms with Gasteiger partial charge in [0.05, 0.1) is 0 Å². The third-order valence-corrected chi connectivity index (χ3v) is 1.92. The molecule has 0 radical (unpaired) electrons. The first-order chi connectivity index (χ1) is 5.84. The van der Waals surface area contributed by atoms with E-state index in [-0.39, 0.29) is 0 Å². The quantitative estimate of drug-likeness (QED) is 0.767. The first kappa shape index (κ1) is 9.55. The van der Waals surface area contributed by atoms with Gasteiger partial charge in [-0.2, -0.15) is 0 Å². The zero-order valence-corrected chi connectivity index (χ0v) is 8.55. The van der Waals surface area contributed by atoms with Crippen LogP contribution in [0.2, 0.25) is 0 Å². The van der Waals surface area contributed by atoms with Gasteiger partial charge in [-0.15, -0.1) is 0 Å². The molecule has 0 saturated carbocycles. The molecule has 0 saturated heterocycles. The van der Waals surface area contributed by atoms with Gasteiger partial charge >= 0.3 is 0 Å². The summed E-state index contributed by atoms with van der Waals surface area (Å²) < 4.78 is 6.00. The van der Waals surface area contributed by atoms with E-state index in [9.17, 15) is 0 Å². The summed E-state index contributed by atoms with van der Waals surface area (Å²) in [6.07, 6.45) is 3.40. The van der Waals surface area contributed by atoms with Crippen LogP contribution in [0.3, 0.4) is 0 Å². The van der Waals surface area contributed by atoms with Crippen molar-refractivity contribution < 1.29 is 4.74 Å². The van der Waals surface area contributed by atoms with Crippen LogP contribution in [0.4, 0.5) is 0 Å². The second-order valence-corrected chi connectivity index (χ2v) is 2.97. The Morgan fingerprint density at radius 3 is 3.17 bits per heavy atom. The molecule has 4 heteroatoms. The average molecular weight is 249 g/mol. The molecule has 1 aromatic heterocycles. The number of hydrogen-bond acceptors (Lipinski definition) is 2. The molecule has 0 amide bonds. The summed E-state index contributed by atoms with van der Waals surface area (Å²) in [6, 6.07) is 3.64. The molecule has 1 heterocycles. The largest absolute Gasteiger partial charge is 0.487 e. The zero-order chi connectivity index (χ0) is 8.81. The molecule has 0 aliphatic rings. The van der Waals surface area contributed by atoms with Crippen LogP contribution in [-0.2, 0) is 0 Å². The van der Waals surface area contributed by atoms with Gasteiger partial charge in [-0.25, -0.2) is 4.98 Å². The highest BCUT2D eigenvalue weighted by Crippen LogP contribution is 2.20. The second-order valence-electron chi connectivity index (χ2n) is 1.97.